The van der Waals surface area contributed by atoms with Crippen molar-refractivity contribution in [1.29, 1.82) is 0 Å². The highest BCUT2D eigenvalue weighted by Crippen LogP contribution is 2.22. The fourth-order valence-electron chi connectivity index (χ4n) is 2.25. The van der Waals surface area contributed by atoms with Crippen molar-refractivity contribution in [3.05, 3.63) is 47.5 Å². The molecule has 0 spiro atoms. The van der Waals surface area contributed by atoms with E-state index in [0.29, 0.717) is 18.0 Å². The van der Waals surface area contributed by atoms with Gasteiger partial charge >= 0.3 is 0 Å². The summed E-state index contributed by atoms with van der Waals surface area (Å²) in [6, 6.07) is 7.25. The first-order valence-electron chi connectivity index (χ1n) is 7.00. The molecule has 2 aromatic rings. The van der Waals surface area contributed by atoms with E-state index in [1.165, 1.54) is 6.33 Å². The summed E-state index contributed by atoms with van der Waals surface area (Å²) in [4.78, 5) is 15.8. The van der Waals surface area contributed by atoms with Crippen LogP contribution in [0.2, 0.25) is 5.02 Å². The maximum Gasteiger partial charge on any atom is 0.222 e. The summed E-state index contributed by atoms with van der Waals surface area (Å²) >= 11 is 5.89. The van der Waals surface area contributed by atoms with Gasteiger partial charge in [0.25, 0.3) is 0 Å². The molecule has 1 amide bonds. The monoisotopic (exact) mass is 322 g/mol. The van der Waals surface area contributed by atoms with E-state index in [-0.39, 0.29) is 18.1 Å². The van der Waals surface area contributed by atoms with E-state index in [9.17, 15) is 4.79 Å². The van der Waals surface area contributed by atoms with Crippen molar-refractivity contribution in [1.82, 2.24) is 20.1 Å². The van der Waals surface area contributed by atoms with Crippen LogP contribution in [-0.4, -0.2) is 33.8 Å². The molecule has 118 valence electrons. The maximum absolute atomic E-state index is 12.0. The molecule has 1 aromatic heterocycles. The van der Waals surface area contributed by atoms with Crippen LogP contribution in [0.25, 0.3) is 0 Å². The molecule has 1 N–H and O–H groups in total. The van der Waals surface area contributed by atoms with Gasteiger partial charge in [0.15, 0.2) is 0 Å². The molecule has 0 bridgehead atoms. The van der Waals surface area contributed by atoms with Crippen LogP contribution in [0.1, 0.15) is 25.0 Å². The van der Waals surface area contributed by atoms with E-state index >= 15 is 0 Å². The van der Waals surface area contributed by atoms with Crippen molar-refractivity contribution in [3.63, 3.8) is 0 Å². The summed E-state index contributed by atoms with van der Waals surface area (Å²) in [5.41, 5.74) is 0.968. The Hall–Kier alpha value is -1.92. The number of methoxy groups -OCH3 is 1. The summed E-state index contributed by atoms with van der Waals surface area (Å²) in [5.74, 6) is -0.0565. The number of ether oxygens (including phenoxy) is 1. The SMILES string of the molecule is CO[C@@H](c1ccc(Cl)cc1)[C@@H](C)NC(=O)CCn1cncn1. The summed E-state index contributed by atoms with van der Waals surface area (Å²) in [6.07, 6.45) is 3.14. The third kappa shape index (κ3) is 4.54. The van der Waals surface area contributed by atoms with E-state index in [1.54, 1.807) is 18.1 Å². The number of halogens is 1. The van der Waals surface area contributed by atoms with Crippen LogP contribution in [0.3, 0.4) is 0 Å². The van der Waals surface area contributed by atoms with Crippen LogP contribution in [0.15, 0.2) is 36.9 Å². The molecule has 0 saturated carbocycles. The van der Waals surface area contributed by atoms with Gasteiger partial charge in [-0.25, -0.2) is 4.98 Å². The molecule has 1 heterocycles. The number of hydrogen-bond acceptors (Lipinski definition) is 4. The van der Waals surface area contributed by atoms with Crippen LogP contribution in [0.5, 0.6) is 0 Å². The minimum absolute atomic E-state index is 0.0565. The molecule has 0 aliphatic heterocycles. The minimum atomic E-state index is -0.229. The highest BCUT2D eigenvalue weighted by molar-refractivity contribution is 6.30. The fraction of sp³-hybridized carbons (Fsp3) is 0.400. The first-order chi connectivity index (χ1) is 10.6. The summed E-state index contributed by atoms with van der Waals surface area (Å²) in [5, 5.41) is 7.58. The van der Waals surface area contributed by atoms with Gasteiger partial charge < -0.3 is 10.1 Å². The van der Waals surface area contributed by atoms with Crippen LogP contribution in [-0.2, 0) is 16.1 Å². The van der Waals surface area contributed by atoms with Gasteiger partial charge in [0.05, 0.1) is 12.6 Å². The quantitative estimate of drug-likeness (QED) is 0.848. The number of carbonyl (C=O) groups excluding carboxylic acids is 1. The Kier molecular flexibility index (Phi) is 5.91. The molecule has 0 saturated heterocycles. The van der Waals surface area contributed by atoms with Gasteiger partial charge in [-0.2, -0.15) is 5.10 Å². The van der Waals surface area contributed by atoms with Crippen molar-refractivity contribution >= 4 is 17.5 Å². The van der Waals surface area contributed by atoms with Crippen LogP contribution >= 0.6 is 11.6 Å². The smallest absolute Gasteiger partial charge is 0.222 e. The van der Waals surface area contributed by atoms with Crippen molar-refractivity contribution in [2.24, 2.45) is 0 Å². The van der Waals surface area contributed by atoms with Gasteiger partial charge in [-0.1, -0.05) is 23.7 Å². The topological polar surface area (TPSA) is 69.0 Å². The third-order valence-corrected chi connectivity index (χ3v) is 3.58. The normalized spacial score (nSPS) is 13.6. The lowest BCUT2D eigenvalue weighted by molar-refractivity contribution is -0.123. The van der Waals surface area contributed by atoms with Crippen LogP contribution in [0.4, 0.5) is 0 Å². The Balaban J connectivity index is 1.89. The van der Waals surface area contributed by atoms with Crippen molar-refractivity contribution in [2.45, 2.75) is 32.0 Å². The molecular formula is C15H19ClN4O2. The second-order valence-electron chi connectivity index (χ2n) is 4.97. The fourth-order valence-corrected chi connectivity index (χ4v) is 2.37. The number of benzene rings is 1. The average molecular weight is 323 g/mol. The number of aromatic nitrogens is 3. The predicted molar refractivity (Wildman–Crippen MR) is 83.4 cm³/mol. The zero-order chi connectivity index (χ0) is 15.9. The summed E-state index contributed by atoms with van der Waals surface area (Å²) in [7, 11) is 1.62. The lowest BCUT2D eigenvalue weighted by Gasteiger charge is -2.24. The molecule has 2 rings (SSSR count). The van der Waals surface area contributed by atoms with Crippen LogP contribution < -0.4 is 5.32 Å². The van der Waals surface area contributed by atoms with Gasteiger partial charge in [0.2, 0.25) is 5.91 Å². The van der Waals surface area contributed by atoms with Crippen LogP contribution in [0, 0.1) is 0 Å². The van der Waals surface area contributed by atoms with E-state index in [1.807, 2.05) is 31.2 Å². The highest BCUT2D eigenvalue weighted by atomic mass is 35.5. The molecule has 0 aliphatic rings. The zero-order valence-electron chi connectivity index (χ0n) is 12.6. The summed E-state index contributed by atoms with van der Waals surface area (Å²) < 4.78 is 7.13. The maximum atomic E-state index is 12.0. The molecule has 1 aromatic carbocycles. The standard InChI is InChI=1S/C15H19ClN4O2/c1-11(15(22-2)12-3-5-13(16)6-4-12)19-14(21)7-8-20-10-17-9-18-20/h3-6,9-11,15H,7-8H2,1-2H3,(H,19,21)/t11-,15-/m1/s1. The number of carbonyl (C=O) groups is 1. The summed E-state index contributed by atoms with van der Waals surface area (Å²) in [6.45, 7) is 2.41. The Morgan fingerprint density at radius 1 is 1.41 bits per heavy atom. The van der Waals surface area contributed by atoms with Crippen molar-refractivity contribution in [2.75, 3.05) is 7.11 Å². The number of hydrogen-bond donors (Lipinski definition) is 1. The first kappa shape index (κ1) is 16.5. The Morgan fingerprint density at radius 3 is 2.73 bits per heavy atom. The van der Waals surface area contributed by atoms with Crippen molar-refractivity contribution in [3.8, 4) is 0 Å². The van der Waals surface area contributed by atoms with Gasteiger partial charge in [0, 0.05) is 18.6 Å². The Labute approximate surface area is 134 Å². The molecule has 2 atom stereocenters. The Bertz CT molecular complexity index is 586. The lowest BCUT2D eigenvalue weighted by Crippen LogP contribution is -2.38. The number of aryl methyl sites for hydroxylation is 1. The number of amides is 1. The molecular weight excluding hydrogens is 304 g/mol. The molecule has 7 heteroatoms. The number of nitrogens with one attached hydrogen (secondary N) is 1. The first-order valence-corrected chi connectivity index (χ1v) is 7.38. The molecule has 0 radical (unpaired) electrons. The molecule has 0 unspecified atom stereocenters. The lowest BCUT2D eigenvalue weighted by atomic mass is 10.0. The van der Waals surface area contributed by atoms with E-state index in [4.69, 9.17) is 16.3 Å². The minimum Gasteiger partial charge on any atom is -0.375 e. The molecule has 0 fully saturated rings. The van der Waals surface area contributed by atoms with Gasteiger partial charge in [-0.3, -0.25) is 9.48 Å². The second kappa shape index (κ2) is 7.91. The van der Waals surface area contributed by atoms with E-state index < -0.39 is 0 Å². The third-order valence-electron chi connectivity index (χ3n) is 3.33. The Morgan fingerprint density at radius 2 is 2.14 bits per heavy atom. The van der Waals surface area contributed by atoms with Gasteiger partial charge in [-0.05, 0) is 24.6 Å². The van der Waals surface area contributed by atoms with Crippen molar-refractivity contribution < 1.29 is 9.53 Å². The van der Waals surface area contributed by atoms with Gasteiger partial charge in [0.1, 0.15) is 18.8 Å². The molecule has 22 heavy (non-hydrogen) atoms. The molecule has 6 nitrogen and oxygen atoms in total. The zero-order valence-corrected chi connectivity index (χ0v) is 13.3. The van der Waals surface area contributed by atoms with E-state index in [2.05, 4.69) is 15.4 Å². The highest BCUT2D eigenvalue weighted by Gasteiger charge is 2.20. The number of rotatable bonds is 7. The number of nitrogens with zero attached hydrogens (tertiary/aromatic N) is 3. The molecule has 0 aliphatic carbocycles. The average Bonchev–Trinajstić information content (AvgIpc) is 3.01. The predicted octanol–water partition coefficient (Wildman–Crippen LogP) is 2.21. The largest absolute Gasteiger partial charge is 0.375 e. The van der Waals surface area contributed by atoms with E-state index in [0.717, 1.165) is 5.56 Å². The second-order valence-corrected chi connectivity index (χ2v) is 5.41. The van der Waals surface area contributed by atoms with Gasteiger partial charge in [-0.15, -0.1) is 0 Å².